The van der Waals surface area contributed by atoms with Crippen LogP contribution in [0.1, 0.15) is 168 Å². The summed E-state index contributed by atoms with van der Waals surface area (Å²) >= 11 is 0. The third kappa shape index (κ3) is 26.6. The number of aliphatic hydroxyl groups excluding tert-OH is 5. The molecule has 0 fully saturated rings. The molecule has 1 unspecified atom stereocenters. The van der Waals surface area contributed by atoms with Crippen LogP contribution >= 0.6 is 15.6 Å². The number of carbonyl (C=O) groups is 3. The van der Waals surface area contributed by atoms with Gasteiger partial charge in [-0.1, -0.05) is 153 Å². The van der Waals surface area contributed by atoms with Crippen molar-refractivity contribution in [3.8, 4) is 0 Å². The number of hydrogen-bond acceptors (Lipinski definition) is 15. The monoisotopic (exact) mass is 996 g/mol. The normalized spacial score (nSPS) is 30.2. The number of allylic oxidation sites excluding steroid dienone is 3. The second kappa shape index (κ2) is 34.2. The van der Waals surface area contributed by atoms with E-state index in [9.17, 15) is 63.7 Å². The molecule has 0 saturated heterocycles. The predicted octanol–water partition coefficient (Wildman–Crippen LogP) is 7.13. The van der Waals surface area contributed by atoms with Gasteiger partial charge in [-0.05, 0) is 38.2 Å². The van der Waals surface area contributed by atoms with E-state index in [-0.39, 0.29) is 25.7 Å². The first-order chi connectivity index (χ1) is 31.9. The number of rotatable bonds is 25. The molecule has 67 heavy (non-hydrogen) atoms. The molecule has 20 heteroatoms. The summed E-state index contributed by atoms with van der Waals surface area (Å²) in [7, 11) is -11.4. The maximum absolute atomic E-state index is 13.8. The fourth-order valence-electron chi connectivity index (χ4n) is 7.99. The average Bonchev–Trinajstić information content (AvgIpc) is 3.28. The van der Waals surface area contributed by atoms with Gasteiger partial charge >= 0.3 is 27.6 Å². The van der Waals surface area contributed by atoms with E-state index in [1.165, 1.54) is 69.9 Å². The van der Waals surface area contributed by atoms with E-state index in [2.05, 4.69) is 6.92 Å². The minimum absolute atomic E-state index is 0.0178. The summed E-state index contributed by atoms with van der Waals surface area (Å²) in [5.41, 5.74) is 0. The maximum atomic E-state index is 13.8. The van der Waals surface area contributed by atoms with Crippen molar-refractivity contribution in [3.63, 3.8) is 0 Å². The standard InChI is InChI=1S/C47H82O18P2/c1-3-5-7-8-9-10-11-12-13-14-15-16-17-18-24-28-41(51)63-37-33-61-40(50)27-23-20-19-22-25-35-29-32-39(49)38(31-30-36(48)26-21-6-4-2)43(53)46(64-66(56,57)58)47(45(55)44(54)42(35)52)65-67(59,60)62-34-37/h19,22,29-32,35-38,42-48,52-55H,3-18,20-21,23-28,33-34H2,1-2H3,(H,59,60)(H2,56,57,58)/b22-19-,31-30+,32-29-/t35-,36-,37+,38-,42+,43+,44-,45+,46+,47-/m0/s1. The molecule has 1 heterocycles. The van der Waals surface area contributed by atoms with E-state index in [1.807, 2.05) is 6.92 Å². The molecule has 0 saturated carbocycles. The first-order valence-corrected chi connectivity index (χ1v) is 27.6. The lowest BCUT2D eigenvalue weighted by Gasteiger charge is -2.38. The van der Waals surface area contributed by atoms with Gasteiger partial charge in [0.25, 0.3) is 0 Å². The molecule has 18 nitrogen and oxygen atoms in total. The molecular weight excluding hydrogens is 914 g/mol. The van der Waals surface area contributed by atoms with Crippen molar-refractivity contribution in [3.05, 3.63) is 36.5 Å². The third-order valence-corrected chi connectivity index (χ3v) is 13.5. The minimum Gasteiger partial charge on any atom is -0.462 e. The summed E-state index contributed by atoms with van der Waals surface area (Å²) in [5.74, 6) is -5.29. The summed E-state index contributed by atoms with van der Waals surface area (Å²) in [6.45, 7) is 2.61. The quantitative estimate of drug-likeness (QED) is 0.0195. The molecule has 2 aliphatic rings. The molecule has 388 valence electrons. The van der Waals surface area contributed by atoms with Gasteiger partial charge in [0.05, 0.1) is 30.8 Å². The Bertz CT molecular complexity index is 1580. The minimum atomic E-state index is -5.75. The van der Waals surface area contributed by atoms with Crippen molar-refractivity contribution in [2.24, 2.45) is 11.8 Å². The van der Waals surface area contributed by atoms with Crippen LogP contribution in [0.5, 0.6) is 0 Å². The number of hydrogen-bond donors (Lipinski definition) is 8. The summed E-state index contributed by atoms with van der Waals surface area (Å²) in [6.07, 6.45) is 10.4. The lowest BCUT2D eigenvalue weighted by Crippen LogP contribution is -2.56. The highest BCUT2D eigenvalue weighted by Gasteiger charge is 2.50. The zero-order valence-corrected chi connectivity index (χ0v) is 41.5. The van der Waals surface area contributed by atoms with Gasteiger partial charge in [0, 0.05) is 18.8 Å². The van der Waals surface area contributed by atoms with Crippen LogP contribution in [-0.4, -0.2) is 120 Å². The molecule has 1 aliphatic carbocycles. The van der Waals surface area contributed by atoms with Crippen LogP contribution in [0.2, 0.25) is 0 Å². The Morgan fingerprint density at radius 2 is 1.40 bits per heavy atom. The van der Waals surface area contributed by atoms with Crippen molar-refractivity contribution in [1.29, 1.82) is 0 Å². The first-order valence-electron chi connectivity index (χ1n) is 24.6. The van der Waals surface area contributed by atoms with E-state index >= 15 is 0 Å². The van der Waals surface area contributed by atoms with Crippen molar-refractivity contribution in [2.75, 3.05) is 13.2 Å². The number of unbranched alkanes of at least 4 members (excludes halogenated alkanes) is 16. The molecule has 0 radical (unpaired) electrons. The van der Waals surface area contributed by atoms with Gasteiger partial charge in [-0.25, -0.2) is 9.13 Å². The van der Waals surface area contributed by atoms with Gasteiger partial charge in [0.15, 0.2) is 11.9 Å². The third-order valence-electron chi connectivity index (χ3n) is 12.0. The van der Waals surface area contributed by atoms with Gasteiger partial charge in [-0.15, -0.1) is 0 Å². The van der Waals surface area contributed by atoms with Crippen molar-refractivity contribution in [2.45, 2.75) is 217 Å². The molecule has 0 aromatic heterocycles. The van der Waals surface area contributed by atoms with E-state index in [1.54, 1.807) is 12.2 Å². The predicted molar refractivity (Wildman–Crippen MR) is 250 cm³/mol. The summed E-state index contributed by atoms with van der Waals surface area (Å²) in [6, 6.07) is 0. The Kier molecular flexibility index (Phi) is 31.1. The Morgan fingerprint density at radius 1 is 0.821 bits per heavy atom. The number of aliphatic hydroxyl groups is 5. The molecule has 0 amide bonds. The molecule has 1 aliphatic heterocycles. The Hall–Kier alpha value is -2.15. The summed E-state index contributed by atoms with van der Waals surface area (Å²) in [4.78, 5) is 70.4. The molecule has 11 atom stereocenters. The smallest absolute Gasteiger partial charge is 0.462 e. The highest BCUT2D eigenvalue weighted by atomic mass is 31.2. The number of esters is 2. The van der Waals surface area contributed by atoms with E-state index in [0.717, 1.165) is 57.1 Å². The molecule has 2 bridgehead atoms. The van der Waals surface area contributed by atoms with Gasteiger partial charge in [-0.3, -0.25) is 28.0 Å². The van der Waals surface area contributed by atoms with E-state index in [4.69, 9.17) is 23.0 Å². The summed E-state index contributed by atoms with van der Waals surface area (Å²) < 4.78 is 52.1. The number of phosphoric acid groups is 2. The maximum Gasteiger partial charge on any atom is 0.472 e. The van der Waals surface area contributed by atoms with Gasteiger partial charge < -0.3 is 49.7 Å². The molecule has 0 aromatic carbocycles. The Labute approximate surface area is 397 Å². The van der Waals surface area contributed by atoms with Crippen molar-refractivity contribution >= 4 is 33.4 Å². The fraction of sp³-hybridized carbons (Fsp3) is 0.809. The molecular formula is C47H82O18P2. The topological polar surface area (TPSA) is 293 Å². The fourth-order valence-corrected chi connectivity index (χ4v) is 9.52. The Balaban J connectivity index is 2.31. The van der Waals surface area contributed by atoms with Crippen LogP contribution in [0, 0.1) is 11.8 Å². The molecule has 0 aromatic rings. The van der Waals surface area contributed by atoms with Crippen LogP contribution in [0.25, 0.3) is 0 Å². The SMILES string of the molecule is CCCCCCCCCCCCCCCCCC(=O)O[C@@H]1COC(=O)CCC/C=C\C[C@H]2/C=C\C(=O)[C@H](/C=C/[C@@H](O)CCCCC)[C@@H](O)[C@@H](OP(=O)(O)O)[C@@H](OP(=O)(O)OC1)[C@H](O)[C@@H](O)[C@@H]2O. The highest BCUT2D eigenvalue weighted by Crippen LogP contribution is 2.49. The average molecular weight is 997 g/mol. The molecule has 2 rings (SSSR count). The number of ether oxygens (including phenoxy) is 2. The first kappa shape index (κ1) is 61.0. The van der Waals surface area contributed by atoms with Crippen LogP contribution in [0.15, 0.2) is 36.5 Å². The van der Waals surface area contributed by atoms with E-state index < -0.39 is 107 Å². The lowest BCUT2D eigenvalue weighted by atomic mass is 9.87. The number of phosphoric ester groups is 2. The second-order valence-corrected chi connectivity index (χ2v) is 20.4. The van der Waals surface area contributed by atoms with Crippen molar-refractivity contribution in [1.82, 2.24) is 0 Å². The second-order valence-electron chi connectivity index (χ2n) is 17.9. The Morgan fingerprint density at radius 3 is 2.00 bits per heavy atom. The highest BCUT2D eigenvalue weighted by molar-refractivity contribution is 7.47. The number of ketones is 1. The largest absolute Gasteiger partial charge is 0.472 e. The number of cyclic esters (lactones) is 1. The van der Waals surface area contributed by atoms with Crippen LogP contribution in [0.4, 0.5) is 0 Å². The number of fused-ring (bicyclic) bond motifs is 4. The van der Waals surface area contributed by atoms with Crippen LogP contribution in [0.3, 0.4) is 0 Å². The molecule has 8 N–H and O–H groups in total. The van der Waals surface area contributed by atoms with Crippen molar-refractivity contribution < 1.29 is 86.8 Å². The lowest BCUT2D eigenvalue weighted by molar-refractivity contribution is -0.163. The zero-order chi connectivity index (χ0) is 49.7. The van der Waals surface area contributed by atoms with Gasteiger partial charge in [-0.2, -0.15) is 0 Å². The van der Waals surface area contributed by atoms with Crippen LogP contribution < -0.4 is 0 Å². The number of carbonyl (C=O) groups excluding carboxylic acids is 3. The van der Waals surface area contributed by atoms with E-state index in [0.29, 0.717) is 25.7 Å². The molecule has 0 spiro atoms. The zero-order valence-electron chi connectivity index (χ0n) is 39.7. The van der Waals surface area contributed by atoms with Crippen LogP contribution in [-0.2, 0) is 46.6 Å². The van der Waals surface area contributed by atoms with Gasteiger partial charge in [0.1, 0.15) is 31.0 Å². The summed E-state index contributed by atoms with van der Waals surface area (Å²) in [5, 5.41) is 56.5. The van der Waals surface area contributed by atoms with Gasteiger partial charge in [0.2, 0.25) is 0 Å².